The van der Waals surface area contributed by atoms with Gasteiger partial charge < -0.3 is 29.7 Å². The molecular formula is C32H40BrN3O7. The molecule has 4 heterocycles. The Kier molecular flexibility index (Phi) is 9.73. The fraction of sp³-hybridized carbons (Fsp3) is 0.562. The molecule has 0 aliphatic carbocycles. The molecule has 3 amide bonds. The van der Waals surface area contributed by atoms with Crippen LogP contribution in [0.3, 0.4) is 0 Å². The number of nitrogens with zero attached hydrogens (tertiary/aromatic N) is 2. The van der Waals surface area contributed by atoms with Crippen molar-refractivity contribution in [1.82, 2.24) is 15.1 Å². The molecule has 2 fully saturated rings. The normalized spacial score (nSPS) is 32.1. The summed E-state index contributed by atoms with van der Waals surface area (Å²) in [5, 5.41) is 12.3. The third-order valence-electron chi connectivity index (χ3n) is 8.84. The molecule has 0 radical (unpaired) electrons. The second-order valence-corrected chi connectivity index (χ2v) is 12.8. The molecule has 232 valence electrons. The highest BCUT2D eigenvalue weighted by atomic mass is 79.9. The molecule has 6 atom stereocenters. The van der Waals surface area contributed by atoms with E-state index in [0.717, 1.165) is 5.56 Å². The number of halogens is 1. The fourth-order valence-electron chi connectivity index (χ4n) is 6.75. The van der Waals surface area contributed by atoms with E-state index in [1.54, 1.807) is 9.80 Å². The number of cyclic esters (lactones) is 1. The molecule has 4 aliphatic heterocycles. The number of fused-ring (bicyclic) bond motifs is 2. The van der Waals surface area contributed by atoms with Crippen LogP contribution in [0.4, 0.5) is 0 Å². The van der Waals surface area contributed by atoms with Gasteiger partial charge in [0.1, 0.15) is 24.4 Å². The molecule has 5 bridgehead atoms. The highest BCUT2D eigenvalue weighted by Crippen LogP contribution is 2.58. The van der Waals surface area contributed by atoms with E-state index in [1.807, 2.05) is 62.4 Å². The lowest BCUT2D eigenvalue weighted by Crippen LogP contribution is -2.57. The Morgan fingerprint density at radius 1 is 1.07 bits per heavy atom. The van der Waals surface area contributed by atoms with Crippen LogP contribution in [0.1, 0.15) is 57.6 Å². The van der Waals surface area contributed by atoms with Crippen LogP contribution in [-0.4, -0.2) is 88.7 Å². The number of amides is 3. The number of carbonyl (C=O) groups is 4. The average Bonchev–Trinajstić information content (AvgIpc) is 3.57. The first kappa shape index (κ1) is 31.4. The number of benzene rings is 1. The zero-order chi connectivity index (χ0) is 30.7. The van der Waals surface area contributed by atoms with Gasteiger partial charge in [-0.2, -0.15) is 0 Å². The van der Waals surface area contributed by atoms with E-state index >= 15 is 0 Å². The summed E-state index contributed by atoms with van der Waals surface area (Å²) in [5.74, 6) is -3.12. The van der Waals surface area contributed by atoms with Crippen molar-refractivity contribution in [3.8, 4) is 0 Å². The molecule has 11 heteroatoms. The van der Waals surface area contributed by atoms with Gasteiger partial charge in [-0.25, -0.2) is 0 Å². The average molecular weight is 659 g/mol. The highest BCUT2D eigenvalue weighted by molar-refractivity contribution is 9.11. The number of likely N-dealkylation sites (tertiary alicyclic amines) is 1. The van der Waals surface area contributed by atoms with Crippen LogP contribution in [0.2, 0.25) is 0 Å². The Morgan fingerprint density at radius 2 is 1.84 bits per heavy atom. The molecule has 0 saturated carbocycles. The second-order valence-electron chi connectivity index (χ2n) is 11.9. The monoisotopic (exact) mass is 657 g/mol. The molecular weight excluding hydrogens is 618 g/mol. The Balaban J connectivity index is 1.56. The van der Waals surface area contributed by atoms with Crippen molar-refractivity contribution < 1.29 is 33.8 Å². The lowest BCUT2D eigenvalue weighted by molar-refractivity contribution is -0.148. The third kappa shape index (κ3) is 6.04. The number of rotatable bonds is 7. The zero-order valence-corrected chi connectivity index (χ0v) is 26.2. The maximum Gasteiger partial charge on any atom is 0.306 e. The van der Waals surface area contributed by atoms with Gasteiger partial charge in [0.05, 0.1) is 17.9 Å². The van der Waals surface area contributed by atoms with E-state index in [4.69, 9.17) is 9.47 Å². The SMILES string of the molecule is CC(C)N1C/C=C\CCC(=O)OC[C@H](c2ccccc2)NC(=O)[C@H]2[C@@H]3O[C@@]4(C=C3Br)[C@@H]2C(=O)N(CCCCCO)[C@@H]4C1=O. The van der Waals surface area contributed by atoms with E-state index < -0.39 is 41.5 Å². The van der Waals surface area contributed by atoms with Crippen LogP contribution in [0, 0.1) is 11.8 Å². The molecule has 1 aromatic rings. The fourth-order valence-corrected chi connectivity index (χ4v) is 7.48. The minimum Gasteiger partial charge on any atom is -0.463 e. The molecule has 0 unspecified atom stereocenters. The number of hydrogen-bond donors (Lipinski definition) is 2. The minimum absolute atomic E-state index is 0.0525. The van der Waals surface area contributed by atoms with Crippen molar-refractivity contribution in [3.05, 3.63) is 58.6 Å². The summed E-state index contributed by atoms with van der Waals surface area (Å²) >= 11 is 3.60. The van der Waals surface area contributed by atoms with Gasteiger partial charge in [-0.15, -0.1) is 0 Å². The van der Waals surface area contributed by atoms with E-state index in [1.165, 1.54) is 0 Å². The summed E-state index contributed by atoms with van der Waals surface area (Å²) in [5.41, 5.74) is -0.547. The topological polar surface area (TPSA) is 125 Å². The van der Waals surface area contributed by atoms with Gasteiger partial charge in [0.25, 0.3) is 0 Å². The maximum atomic E-state index is 14.4. The van der Waals surface area contributed by atoms with Gasteiger partial charge in [-0.05, 0) is 51.2 Å². The number of ether oxygens (including phenoxy) is 2. The Hall–Kier alpha value is -3.02. The van der Waals surface area contributed by atoms with Crippen molar-refractivity contribution in [1.29, 1.82) is 0 Å². The molecule has 1 spiro atoms. The smallest absolute Gasteiger partial charge is 0.306 e. The molecule has 1 aromatic carbocycles. The largest absolute Gasteiger partial charge is 0.463 e. The molecule has 43 heavy (non-hydrogen) atoms. The summed E-state index contributed by atoms with van der Waals surface area (Å²) in [6, 6.07) is 7.49. The summed E-state index contributed by atoms with van der Waals surface area (Å²) in [7, 11) is 0. The van der Waals surface area contributed by atoms with Crippen LogP contribution >= 0.6 is 15.9 Å². The van der Waals surface area contributed by atoms with E-state index in [2.05, 4.69) is 21.2 Å². The number of unbranched alkanes of at least 4 members (excludes halogenated alkanes) is 2. The van der Waals surface area contributed by atoms with Crippen LogP contribution in [0.25, 0.3) is 0 Å². The predicted molar refractivity (Wildman–Crippen MR) is 162 cm³/mol. The van der Waals surface area contributed by atoms with Crippen molar-refractivity contribution in [2.24, 2.45) is 11.8 Å². The summed E-state index contributed by atoms with van der Waals surface area (Å²) in [6.45, 7) is 4.44. The third-order valence-corrected chi connectivity index (χ3v) is 9.52. The second kappa shape index (κ2) is 13.3. The van der Waals surface area contributed by atoms with Gasteiger partial charge in [-0.1, -0.05) is 58.4 Å². The molecule has 0 aromatic heterocycles. The Labute approximate surface area is 260 Å². The zero-order valence-electron chi connectivity index (χ0n) is 24.6. The molecule has 4 aliphatic rings. The van der Waals surface area contributed by atoms with E-state index in [9.17, 15) is 24.3 Å². The first-order valence-electron chi connectivity index (χ1n) is 15.1. The van der Waals surface area contributed by atoms with Crippen molar-refractivity contribution in [3.63, 3.8) is 0 Å². The van der Waals surface area contributed by atoms with Gasteiger partial charge in [0, 0.05) is 36.6 Å². The number of aliphatic hydroxyl groups is 1. The number of aliphatic hydroxyl groups excluding tert-OH is 1. The van der Waals surface area contributed by atoms with Crippen LogP contribution in [0.15, 0.2) is 53.0 Å². The van der Waals surface area contributed by atoms with Gasteiger partial charge in [0.15, 0.2) is 0 Å². The highest BCUT2D eigenvalue weighted by Gasteiger charge is 2.74. The lowest BCUT2D eigenvalue weighted by atomic mass is 9.74. The number of nitrogens with one attached hydrogen (secondary N) is 1. The number of allylic oxidation sites excluding steroid dienone is 1. The lowest BCUT2D eigenvalue weighted by Gasteiger charge is -2.37. The maximum absolute atomic E-state index is 14.4. The standard InChI is InChI=1S/C32H40BrN3O7/c1-20(2)35-15-9-4-8-14-24(38)42-19-23(21-12-6-3-7-13-21)34-29(39)25-26-30(40)36(16-10-5-11-17-37)28(31(35)41)32(26)18-22(33)27(25)43-32/h3-4,6-7,9,12-13,18,20,23,25-28,37H,5,8,10-11,14-17,19H2,1-2H3,(H,34,39)/b9-4-/t23-,25-,26+,27-,28-,32+/m1/s1. The number of hydrogen-bond acceptors (Lipinski definition) is 7. The number of esters is 1. The molecule has 2 saturated heterocycles. The Morgan fingerprint density at radius 3 is 2.56 bits per heavy atom. The number of carbonyl (C=O) groups excluding carboxylic acids is 4. The summed E-state index contributed by atoms with van der Waals surface area (Å²) in [4.78, 5) is 58.7. The molecule has 5 rings (SSSR count). The van der Waals surface area contributed by atoms with Crippen molar-refractivity contribution in [2.45, 2.75) is 75.8 Å². The van der Waals surface area contributed by atoms with Crippen LogP contribution < -0.4 is 5.32 Å². The van der Waals surface area contributed by atoms with E-state index in [-0.39, 0.29) is 43.5 Å². The predicted octanol–water partition coefficient (Wildman–Crippen LogP) is 3.01. The van der Waals surface area contributed by atoms with Gasteiger partial charge >= 0.3 is 5.97 Å². The molecule has 10 nitrogen and oxygen atoms in total. The van der Waals surface area contributed by atoms with Crippen LogP contribution in [0.5, 0.6) is 0 Å². The minimum atomic E-state index is -1.31. The quantitative estimate of drug-likeness (QED) is 0.262. The summed E-state index contributed by atoms with van der Waals surface area (Å²) in [6.07, 6.45) is 7.31. The first-order valence-corrected chi connectivity index (χ1v) is 15.9. The first-order chi connectivity index (χ1) is 20.7. The van der Waals surface area contributed by atoms with Gasteiger partial charge in [-0.3, -0.25) is 19.2 Å². The van der Waals surface area contributed by atoms with Crippen molar-refractivity contribution >= 4 is 39.6 Å². The Bertz CT molecular complexity index is 1280. The van der Waals surface area contributed by atoms with Crippen molar-refractivity contribution in [2.75, 3.05) is 26.3 Å². The van der Waals surface area contributed by atoms with E-state index in [0.29, 0.717) is 43.3 Å². The summed E-state index contributed by atoms with van der Waals surface area (Å²) < 4.78 is 12.8. The van der Waals surface area contributed by atoms with Gasteiger partial charge in [0.2, 0.25) is 17.7 Å². The molecule has 2 N–H and O–H groups in total. The van der Waals surface area contributed by atoms with Crippen LogP contribution in [-0.2, 0) is 28.7 Å².